The molecule has 2 aromatic rings. The van der Waals surface area contributed by atoms with Gasteiger partial charge in [0, 0.05) is 23.6 Å². The molecule has 4 nitrogen and oxygen atoms in total. The first-order valence-electron chi connectivity index (χ1n) is 6.33. The van der Waals surface area contributed by atoms with Gasteiger partial charge < -0.3 is 10.2 Å². The third kappa shape index (κ3) is 3.44. The van der Waals surface area contributed by atoms with E-state index >= 15 is 0 Å². The van der Waals surface area contributed by atoms with Crippen molar-refractivity contribution in [2.75, 3.05) is 23.3 Å². The highest BCUT2D eigenvalue weighted by Gasteiger charge is 2.06. The topological polar surface area (TPSA) is 41.0 Å². The molecule has 0 bridgehead atoms. The number of nitrogens with one attached hydrogen (secondary N) is 1. The van der Waals surface area contributed by atoms with E-state index in [1.165, 1.54) is 0 Å². The second-order valence-electron chi connectivity index (χ2n) is 4.04. The van der Waals surface area contributed by atoms with E-state index in [4.69, 9.17) is 0 Å². The summed E-state index contributed by atoms with van der Waals surface area (Å²) in [5.41, 5.74) is 0.992. The second kappa shape index (κ2) is 6.52. The first-order valence-corrected chi connectivity index (χ1v) is 7.12. The fourth-order valence-electron chi connectivity index (χ4n) is 1.84. The molecule has 1 heterocycles. The van der Waals surface area contributed by atoms with Gasteiger partial charge in [0.25, 0.3) is 0 Å². The first-order chi connectivity index (χ1) is 9.24. The van der Waals surface area contributed by atoms with Crippen LogP contribution in [0.4, 0.5) is 17.3 Å². The van der Waals surface area contributed by atoms with Crippen molar-refractivity contribution in [2.24, 2.45) is 0 Å². The Kier molecular flexibility index (Phi) is 4.74. The zero-order valence-electron chi connectivity index (χ0n) is 11.1. The van der Waals surface area contributed by atoms with E-state index in [0.29, 0.717) is 0 Å². The Bertz CT molecular complexity index is 540. The minimum Gasteiger partial charge on any atom is -0.357 e. The molecule has 1 N–H and O–H groups in total. The average molecular weight is 321 g/mol. The highest BCUT2D eigenvalue weighted by molar-refractivity contribution is 9.10. The Hall–Kier alpha value is -1.62. The number of nitrogens with zero attached hydrogens (tertiary/aromatic N) is 3. The van der Waals surface area contributed by atoms with Gasteiger partial charge in [-0.05, 0) is 41.9 Å². The molecular formula is C14H17BrN4. The van der Waals surface area contributed by atoms with Crippen LogP contribution in [0.2, 0.25) is 0 Å². The highest BCUT2D eigenvalue weighted by Crippen LogP contribution is 2.25. The number of hydrogen-bond acceptors (Lipinski definition) is 4. The van der Waals surface area contributed by atoms with E-state index in [0.717, 1.165) is 34.9 Å². The maximum Gasteiger partial charge on any atom is 0.135 e. The summed E-state index contributed by atoms with van der Waals surface area (Å²) in [4.78, 5) is 10.8. The van der Waals surface area contributed by atoms with Crippen molar-refractivity contribution < 1.29 is 0 Å². The SMILES string of the molecule is CCN(CC)c1cc(Nc2ccccc2Br)ncn1. The largest absolute Gasteiger partial charge is 0.357 e. The summed E-state index contributed by atoms with van der Waals surface area (Å²) in [6.07, 6.45) is 1.59. The van der Waals surface area contributed by atoms with Crippen molar-refractivity contribution in [3.63, 3.8) is 0 Å². The van der Waals surface area contributed by atoms with Crippen LogP contribution in [0.5, 0.6) is 0 Å². The van der Waals surface area contributed by atoms with Gasteiger partial charge >= 0.3 is 0 Å². The minimum absolute atomic E-state index is 0.795. The monoisotopic (exact) mass is 320 g/mol. The molecule has 0 atom stereocenters. The molecule has 0 spiro atoms. The molecule has 0 radical (unpaired) electrons. The predicted molar refractivity (Wildman–Crippen MR) is 83.0 cm³/mol. The van der Waals surface area contributed by atoms with Crippen LogP contribution in [0.1, 0.15) is 13.8 Å². The Morgan fingerprint density at radius 1 is 1.16 bits per heavy atom. The molecule has 0 aliphatic heterocycles. The van der Waals surface area contributed by atoms with Crippen LogP contribution in [0.3, 0.4) is 0 Å². The average Bonchev–Trinajstić information content (AvgIpc) is 2.43. The van der Waals surface area contributed by atoms with E-state index < -0.39 is 0 Å². The molecule has 0 fully saturated rings. The van der Waals surface area contributed by atoms with Crippen LogP contribution in [0.15, 0.2) is 41.1 Å². The minimum atomic E-state index is 0.795. The molecular weight excluding hydrogens is 304 g/mol. The zero-order valence-corrected chi connectivity index (χ0v) is 12.7. The summed E-state index contributed by atoms with van der Waals surface area (Å²) >= 11 is 3.51. The lowest BCUT2D eigenvalue weighted by molar-refractivity contribution is 0.842. The van der Waals surface area contributed by atoms with Crippen LogP contribution < -0.4 is 10.2 Å². The number of para-hydroxylation sites is 1. The van der Waals surface area contributed by atoms with Crippen LogP contribution in [-0.4, -0.2) is 23.1 Å². The summed E-state index contributed by atoms with van der Waals surface area (Å²) in [6, 6.07) is 9.93. The Morgan fingerprint density at radius 3 is 2.58 bits per heavy atom. The lowest BCUT2D eigenvalue weighted by Gasteiger charge is -2.20. The van der Waals surface area contributed by atoms with Gasteiger partial charge in [0.05, 0.1) is 5.69 Å². The van der Waals surface area contributed by atoms with Crippen LogP contribution in [-0.2, 0) is 0 Å². The molecule has 0 saturated carbocycles. The van der Waals surface area contributed by atoms with Crippen molar-refractivity contribution in [3.8, 4) is 0 Å². The van der Waals surface area contributed by atoms with Gasteiger partial charge in [0.15, 0.2) is 0 Å². The Labute approximate surface area is 122 Å². The van der Waals surface area contributed by atoms with Crippen LogP contribution in [0, 0.1) is 0 Å². The third-order valence-electron chi connectivity index (χ3n) is 2.88. The molecule has 19 heavy (non-hydrogen) atoms. The van der Waals surface area contributed by atoms with E-state index in [9.17, 15) is 0 Å². The maximum absolute atomic E-state index is 4.31. The second-order valence-corrected chi connectivity index (χ2v) is 4.89. The predicted octanol–water partition coefficient (Wildman–Crippen LogP) is 3.83. The first kappa shape index (κ1) is 13.8. The fourth-order valence-corrected chi connectivity index (χ4v) is 2.22. The van der Waals surface area contributed by atoms with Crippen molar-refractivity contribution >= 4 is 33.3 Å². The lowest BCUT2D eigenvalue weighted by Crippen LogP contribution is -2.23. The zero-order chi connectivity index (χ0) is 13.7. The van der Waals surface area contributed by atoms with Gasteiger partial charge in [0.2, 0.25) is 0 Å². The van der Waals surface area contributed by atoms with Gasteiger partial charge in [-0.25, -0.2) is 9.97 Å². The molecule has 1 aromatic heterocycles. The van der Waals surface area contributed by atoms with Gasteiger partial charge in [-0.1, -0.05) is 12.1 Å². The van der Waals surface area contributed by atoms with Gasteiger partial charge in [-0.3, -0.25) is 0 Å². The molecule has 0 unspecified atom stereocenters. The van der Waals surface area contributed by atoms with E-state index in [2.05, 4.69) is 50.0 Å². The quantitative estimate of drug-likeness (QED) is 0.909. The maximum atomic E-state index is 4.31. The molecule has 5 heteroatoms. The molecule has 0 amide bonds. The van der Waals surface area contributed by atoms with E-state index in [1.54, 1.807) is 6.33 Å². The summed E-state index contributed by atoms with van der Waals surface area (Å²) in [6.45, 7) is 6.10. The summed E-state index contributed by atoms with van der Waals surface area (Å²) in [5.74, 6) is 1.73. The van der Waals surface area contributed by atoms with Crippen LogP contribution >= 0.6 is 15.9 Å². The molecule has 0 aliphatic rings. The molecule has 2 rings (SSSR count). The smallest absolute Gasteiger partial charge is 0.135 e. The number of hydrogen-bond donors (Lipinski definition) is 1. The molecule has 100 valence electrons. The highest BCUT2D eigenvalue weighted by atomic mass is 79.9. The lowest BCUT2D eigenvalue weighted by atomic mass is 10.3. The molecule has 1 aromatic carbocycles. The number of benzene rings is 1. The standard InChI is InChI=1S/C14H17BrN4/c1-3-19(4-2)14-9-13(16-10-17-14)18-12-8-6-5-7-11(12)15/h5-10H,3-4H2,1-2H3,(H,16,17,18). The molecule has 0 aliphatic carbocycles. The van der Waals surface area contributed by atoms with Crippen molar-refractivity contribution in [1.82, 2.24) is 9.97 Å². The number of halogens is 1. The van der Waals surface area contributed by atoms with Gasteiger partial charge in [0.1, 0.15) is 18.0 Å². The fraction of sp³-hybridized carbons (Fsp3) is 0.286. The van der Waals surface area contributed by atoms with E-state index in [-0.39, 0.29) is 0 Å². The van der Waals surface area contributed by atoms with E-state index in [1.807, 2.05) is 30.3 Å². The van der Waals surface area contributed by atoms with Gasteiger partial charge in [-0.2, -0.15) is 0 Å². The Balaban J connectivity index is 2.22. The van der Waals surface area contributed by atoms with Crippen molar-refractivity contribution in [3.05, 3.63) is 41.1 Å². The summed E-state index contributed by atoms with van der Waals surface area (Å²) in [5, 5.41) is 3.29. The van der Waals surface area contributed by atoms with Crippen molar-refractivity contribution in [2.45, 2.75) is 13.8 Å². The normalized spacial score (nSPS) is 10.3. The van der Waals surface area contributed by atoms with Gasteiger partial charge in [-0.15, -0.1) is 0 Å². The number of anilines is 3. The third-order valence-corrected chi connectivity index (χ3v) is 3.57. The summed E-state index contributed by atoms with van der Waals surface area (Å²) in [7, 11) is 0. The molecule has 0 saturated heterocycles. The Morgan fingerprint density at radius 2 is 1.89 bits per heavy atom. The summed E-state index contributed by atoms with van der Waals surface area (Å²) < 4.78 is 1.01. The number of rotatable bonds is 5. The van der Waals surface area contributed by atoms with Crippen LogP contribution in [0.25, 0.3) is 0 Å². The van der Waals surface area contributed by atoms with Crippen molar-refractivity contribution in [1.29, 1.82) is 0 Å². The number of aromatic nitrogens is 2.